The SMILES string of the molecule is Nc1cc2c(cc1NC1CCCNC1=O)NC(=O)CO2. The predicted molar refractivity (Wildman–Crippen MR) is 74.6 cm³/mol. The highest BCUT2D eigenvalue weighted by Gasteiger charge is 2.24. The minimum atomic E-state index is -0.302. The first-order valence-electron chi connectivity index (χ1n) is 6.54. The molecule has 1 atom stereocenters. The third-order valence-corrected chi connectivity index (χ3v) is 3.40. The molecule has 1 fully saturated rings. The van der Waals surface area contributed by atoms with Crippen LogP contribution in [-0.2, 0) is 9.59 Å². The van der Waals surface area contributed by atoms with Crippen molar-refractivity contribution in [2.75, 3.05) is 29.5 Å². The van der Waals surface area contributed by atoms with Crippen molar-refractivity contribution in [2.24, 2.45) is 0 Å². The first kappa shape index (κ1) is 12.6. The molecule has 2 heterocycles. The average Bonchev–Trinajstić information content (AvgIpc) is 2.42. The van der Waals surface area contributed by atoms with Gasteiger partial charge in [-0.2, -0.15) is 0 Å². The topological polar surface area (TPSA) is 105 Å². The van der Waals surface area contributed by atoms with Gasteiger partial charge in [-0.15, -0.1) is 0 Å². The Balaban J connectivity index is 1.84. The van der Waals surface area contributed by atoms with Crippen molar-refractivity contribution in [3.05, 3.63) is 12.1 Å². The molecule has 0 aromatic heterocycles. The molecule has 1 saturated heterocycles. The summed E-state index contributed by atoms with van der Waals surface area (Å²) in [6.07, 6.45) is 1.68. The molecule has 0 radical (unpaired) electrons. The second-order valence-electron chi connectivity index (χ2n) is 4.90. The molecule has 7 heteroatoms. The van der Waals surface area contributed by atoms with Crippen LogP contribution in [0.15, 0.2) is 12.1 Å². The van der Waals surface area contributed by atoms with E-state index in [1.54, 1.807) is 12.1 Å². The molecule has 2 aliphatic rings. The van der Waals surface area contributed by atoms with Gasteiger partial charge in [0.25, 0.3) is 5.91 Å². The van der Waals surface area contributed by atoms with Crippen molar-refractivity contribution >= 4 is 28.9 Å². The van der Waals surface area contributed by atoms with Gasteiger partial charge in [0.15, 0.2) is 6.61 Å². The van der Waals surface area contributed by atoms with Gasteiger partial charge in [0.1, 0.15) is 11.8 Å². The van der Waals surface area contributed by atoms with Crippen molar-refractivity contribution in [3.8, 4) is 5.75 Å². The van der Waals surface area contributed by atoms with Crippen molar-refractivity contribution < 1.29 is 14.3 Å². The maximum absolute atomic E-state index is 11.7. The number of nitrogens with two attached hydrogens (primary N) is 1. The summed E-state index contributed by atoms with van der Waals surface area (Å²) in [6, 6.07) is 3.05. The van der Waals surface area contributed by atoms with Gasteiger partial charge in [0.2, 0.25) is 5.91 Å². The van der Waals surface area contributed by atoms with Gasteiger partial charge in [-0.1, -0.05) is 0 Å². The van der Waals surface area contributed by atoms with E-state index < -0.39 is 0 Å². The number of piperidine rings is 1. The summed E-state index contributed by atoms with van der Waals surface area (Å²) in [5.74, 6) is 0.304. The quantitative estimate of drug-likeness (QED) is 0.581. The number of benzene rings is 1. The molecular weight excluding hydrogens is 260 g/mol. The van der Waals surface area contributed by atoms with Crippen LogP contribution in [0.25, 0.3) is 0 Å². The maximum Gasteiger partial charge on any atom is 0.262 e. The van der Waals surface area contributed by atoms with Gasteiger partial charge in [0.05, 0.1) is 17.1 Å². The highest BCUT2D eigenvalue weighted by molar-refractivity contribution is 5.97. The molecule has 20 heavy (non-hydrogen) atoms. The van der Waals surface area contributed by atoms with Gasteiger partial charge in [0, 0.05) is 12.6 Å². The number of hydrogen-bond donors (Lipinski definition) is 4. The molecule has 5 N–H and O–H groups in total. The molecule has 0 saturated carbocycles. The highest BCUT2D eigenvalue weighted by atomic mass is 16.5. The number of nitrogen functional groups attached to an aromatic ring is 1. The minimum absolute atomic E-state index is 0.00968. The monoisotopic (exact) mass is 276 g/mol. The minimum Gasteiger partial charge on any atom is -0.482 e. The Hall–Kier alpha value is -2.44. The van der Waals surface area contributed by atoms with E-state index in [0.29, 0.717) is 29.4 Å². The zero-order valence-electron chi connectivity index (χ0n) is 10.9. The summed E-state index contributed by atoms with van der Waals surface area (Å²) in [7, 11) is 0. The Labute approximate surface area is 115 Å². The van der Waals surface area contributed by atoms with Gasteiger partial charge in [-0.3, -0.25) is 9.59 Å². The average molecular weight is 276 g/mol. The second-order valence-corrected chi connectivity index (χ2v) is 4.90. The van der Waals surface area contributed by atoms with Crippen LogP contribution in [0.1, 0.15) is 12.8 Å². The third kappa shape index (κ3) is 2.34. The van der Waals surface area contributed by atoms with Gasteiger partial charge in [-0.05, 0) is 18.9 Å². The molecule has 0 spiro atoms. The summed E-state index contributed by atoms with van der Waals surface area (Å²) in [6.45, 7) is 0.699. The van der Waals surface area contributed by atoms with E-state index in [0.717, 1.165) is 12.8 Å². The summed E-state index contributed by atoms with van der Waals surface area (Å²) in [4.78, 5) is 23.1. The number of hydrogen-bond acceptors (Lipinski definition) is 5. The van der Waals surface area contributed by atoms with Gasteiger partial charge < -0.3 is 26.4 Å². The number of fused-ring (bicyclic) bond motifs is 1. The molecule has 1 aromatic rings. The van der Waals surface area contributed by atoms with E-state index in [1.807, 2.05) is 0 Å². The molecule has 3 rings (SSSR count). The summed E-state index contributed by atoms with van der Waals surface area (Å²) in [5, 5.41) is 8.64. The lowest BCUT2D eigenvalue weighted by molar-refractivity contribution is -0.123. The fourth-order valence-electron chi connectivity index (χ4n) is 2.36. The van der Waals surface area contributed by atoms with Crippen LogP contribution in [0.5, 0.6) is 5.75 Å². The van der Waals surface area contributed by atoms with Crippen LogP contribution in [0, 0.1) is 0 Å². The predicted octanol–water partition coefficient (Wildman–Crippen LogP) is 0.290. The molecule has 2 amide bonds. The molecule has 1 unspecified atom stereocenters. The van der Waals surface area contributed by atoms with Gasteiger partial charge in [-0.25, -0.2) is 0 Å². The molecule has 0 bridgehead atoms. The number of rotatable bonds is 2. The van der Waals surface area contributed by atoms with Crippen LogP contribution in [0.3, 0.4) is 0 Å². The smallest absolute Gasteiger partial charge is 0.262 e. The second kappa shape index (κ2) is 4.92. The van der Waals surface area contributed by atoms with Crippen LogP contribution >= 0.6 is 0 Å². The van der Waals surface area contributed by atoms with Crippen LogP contribution in [0.4, 0.5) is 17.1 Å². The Morgan fingerprint density at radius 3 is 3.00 bits per heavy atom. The van der Waals surface area contributed by atoms with Crippen LogP contribution < -0.4 is 26.4 Å². The number of nitrogens with one attached hydrogen (secondary N) is 3. The lowest BCUT2D eigenvalue weighted by atomic mass is 10.1. The number of amides is 2. The lowest BCUT2D eigenvalue weighted by Crippen LogP contribution is -2.44. The fraction of sp³-hybridized carbons (Fsp3) is 0.385. The van der Waals surface area contributed by atoms with Crippen molar-refractivity contribution in [3.63, 3.8) is 0 Å². The van der Waals surface area contributed by atoms with E-state index in [9.17, 15) is 9.59 Å². The molecular formula is C13H16N4O3. The van der Waals surface area contributed by atoms with E-state index in [1.165, 1.54) is 0 Å². The van der Waals surface area contributed by atoms with Crippen LogP contribution in [-0.4, -0.2) is 31.0 Å². The van der Waals surface area contributed by atoms with Gasteiger partial charge >= 0.3 is 0 Å². The van der Waals surface area contributed by atoms with Crippen LogP contribution in [0.2, 0.25) is 0 Å². The zero-order valence-corrected chi connectivity index (χ0v) is 10.9. The number of anilines is 3. The van der Waals surface area contributed by atoms with Crippen molar-refractivity contribution in [2.45, 2.75) is 18.9 Å². The standard InChI is InChI=1S/C13H16N4O3/c14-7-4-11-10(17-12(18)6-20-11)5-9(7)16-8-2-1-3-15-13(8)19/h4-5,8,16H,1-3,6,14H2,(H,15,19)(H,17,18). The molecule has 0 aliphatic carbocycles. The van der Waals surface area contributed by atoms with E-state index in [2.05, 4.69) is 16.0 Å². The van der Waals surface area contributed by atoms with E-state index >= 15 is 0 Å². The van der Waals surface area contributed by atoms with E-state index in [-0.39, 0.29) is 24.5 Å². The molecule has 7 nitrogen and oxygen atoms in total. The molecule has 106 valence electrons. The first-order chi connectivity index (χ1) is 9.63. The maximum atomic E-state index is 11.7. The highest BCUT2D eigenvalue weighted by Crippen LogP contribution is 2.35. The Bertz CT molecular complexity index is 573. The largest absolute Gasteiger partial charge is 0.482 e. The first-order valence-corrected chi connectivity index (χ1v) is 6.54. The number of ether oxygens (including phenoxy) is 1. The summed E-state index contributed by atoms with van der Waals surface area (Å²) in [5.41, 5.74) is 7.63. The zero-order chi connectivity index (χ0) is 14.1. The number of carbonyl (C=O) groups is 2. The third-order valence-electron chi connectivity index (χ3n) is 3.40. The van der Waals surface area contributed by atoms with E-state index in [4.69, 9.17) is 10.5 Å². The Morgan fingerprint density at radius 2 is 2.20 bits per heavy atom. The normalized spacial score (nSPS) is 21.3. The summed E-state index contributed by atoms with van der Waals surface area (Å²) >= 11 is 0. The van der Waals surface area contributed by atoms with Crippen molar-refractivity contribution in [1.82, 2.24) is 5.32 Å². The Morgan fingerprint density at radius 1 is 1.35 bits per heavy atom. The summed E-state index contributed by atoms with van der Waals surface area (Å²) < 4.78 is 5.28. The van der Waals surface area contributed by atoms with Crippen molar-refractivity contribution in [1.29, 1.82) is 0 Å². The lowest BCUT2D eigenvalue weighted by Gasteiger charge is -2.26. The Kier molecular flexibility index (Phi) is 3.09. The molecule has 1 aromatic carbocycles. The molecule has 2 aliphatic heterocycles. The number of carbonyl (C=O) groups excluding carboxylic acids is 2. The fourth-order valence-corrected chi connectivity index (χ4v) is 2.36.